The van der Waals surface area contributed by atoms with Crippen molar-refractivity contribution >= 4 is 11.6 Å². The number of H-pyrrole nitrogens is 1. The molecule has 0 fully saturated rings. The van der Waals surface area contributed by atoms with Gasteiger partial charge in [-0.2, -0.15) is 10.2 Å². The van der Waals surface area contributed by atoms with Crippen LogP contribution in [0.15, 0.2) is 42.7 Å². The van der Waals surface area contributed by atoms with Crippen molar-refractivity contribution in [2.45, 2.75) is 33.2 Å². The summed E-state index contributed by atoms with van der Waals surface area (Å²) in [6.45, 7) is 5.08. The zero-order valence-electron chi connectivity index (χ0n) is 14.4. The summed E-state index contributed by atoms with van der Waals surface area (Å²) in [6, 6.07) is 10.1. The molecule has 1 aromatic carbocycles. The van der Waals surface area contributed by atoms with E-state index in [0.717, 1.165) is 29.7 Å². The lowest BCUT2D eigenvalue weighted by molar-refractivity contribution is 0.102. The van der Waals surface area contributed by atoms with Gasteiger partial charge in [-0.15, -0.1) is 0 Å². The molecule has 2 aromatic heterocycles. The van der Waals surface area contributed by atoms with Crippen LogP contribution in [0.1, 0.15) is 41.2 Å². The number of hydrogen-bond acceptors (Lipinski definition) is 3. The van der Waals surface area contributed by atoms with Crippen LogP contribution in [0.4, 0.5) is 5.69 Å². The normalized spacial score (nSPS) is 15.1. The highest BCUT2D eigenvalue weighted by atomic mass is 16.2. The van der Waals surface area contributed by atoms with Crippen molar-refractivity contribution in [1.29, 1.82) is 0 Å². The summed E-state index contributed by atoms with van der Waals surface area (Å²) in [5, 5.41) is 14.4. The Hall–Kier alpha value is -2.89. The third kappa shape index (κ3) is 3.20. The lowest BCUT2D eigenvalue weighted by Gasteiger charge is -2.15. The number of amides is 1. The molecule has 4 rings (SSSR count). The number of aromatic nitrogens is 4. The van der Waals surface area contributed by atoms with Crippen LogP contribution in [-0.4, -0.2) is 25.9 Å². The van der Waals surface area contributed by atoms with Gasteiger partial charge in [-0.1, -0.05) is 44.2 Å². The van der Waals surface area contributed by atoms with E-state index in [1.54, 1.807) is 6.20 Å². The summed E-state index contributed by atoms with van der Waals surface area (Å²) < 4.78 is 1.81. The smallest absolute Gasteiger partial charge is 0.276 e. The van der Waals surface area contributed by atoms with Gasteiger partial charge in [0.25, 0.3) is 5.91 Å². The van der Waals surface area contributed by atoms with Gasteiger partial charge in [0, 0.05) is 17.5 Å². The first kappa shape index (κ1) is 15.6. The third-order valence-corrected chi connectivity index (χ3v) is 4.56. The number of carbonyl (C=O) groups is 1. The minimum atomic E-state index is -0.186. The Morgan fingerprint density at radius 3 is 2.88 bits per heavy atom. The van der Waals surface area contributed by atoms with Crippen LogP contribution in [0.3, 0.4) is 0 Å². The summed E-state index contributed by atoms with van der Waals surface area (Å²) in [4.78, 5) is 12.6. The number of nitrogens with zero attached hydrogens (tertiary/aromatic N) is 3. The van der Waals surface area contributed by atoms with Gasteiger partial charge in [-0.25, -0.2) is 0 Å². The van der Waals surface area contributed by atoms with E-state index in [0.29, 0.717) is 17.9 Å². The van der Waals surface area contributed by atoms with Crippen molar-refractivity contribution in [1.82, 2.24) is 20.0 Å². The van der Waals surface area contributed by atoms with E-state index in [1.807, 2.05) is 29.1 Å². The first-order valence-electron chi connectivity index (χ1n) is 8.44. The Balaban J connectivity index is 1.46. The maximum absolute atomic E-state index is 12.6. The van der Waals surface area contributed by atoms with Gasteiger partial charge in [0.1, 0.15) is 0 Å². The standard InChI is InChI=1S/C19H21N5O/c1-19(2)8-15-16(9-19)22-23-17(15)18(25)21-14-10-20-24(12-14)11-13-6-4-3-5-7-13/h3-7,10,12H,8-9,11H2,1-2H3,(H,21,25)(H,22,23). The fourth-order valence-electron chi connectivity index (χ4n) is 3.42. The average Bonchev–Trinajstić information content (AvgIpc) is 3.22. The summed E-state index contributed by atoms with van der Waals surface area (Å²) in [5.41, 5.74) is 4.64. The van der Waals surface area contributed by atoms with Crippen LogP contribution in [0.5, 0.6) is 0 Å². The monoisotopic (exact) mass is 335 g/mol. The van der Waals surface area contributed by atoms with E-state index in [2.05, 4.69) is 46.6 Å². The molecule has 0 saturated carbocycles. The Morgan fingerprint density at radius 1 is 1.28 bits per heavy atom. The minimum absolute atomic E-state index is 0.180. The lowest BCUT2D eigenvalue weighted by atomic mass is 9.90. The van der Waals surface area contributed by atoms with Crippen molar-refractivity contribution in [2.75, 3.05) is 5.32 Å². The molecule has 1 aliphatic carbocycles. The molecular formula is C19H21N5O. The number of anilines is 1. The predicted octanol–water partition coefficient (Wildman–Crippen LogP) is 3.03. The van der Waals surface area contributed by atoms with Crippen LogP contribution >= 0.6 is 0 Å². The molecule has 25 heavy (non-hydrogen) atoms. The van der Waals surface area contributed by atoms with Crippen molar-refractivity contribution in [3.63, 3.8) is 0 Å². The second kappa shape index (κ2) is 5.88. The predicted molar refractivity (Wildman–Crippen MR) is 95.5 cm³/mol. The molecule has 2 N–H and O–H groups in total. The van der Waals surface area contributed by atoms with E-state index < -0.39 is 0 Å². The SMILES string of the molecule is CC1(C)Cc2[nH]nc(C(=O)Nc3cnn(Cc4ccccc4)c3)c2C1. The van der Waals surface area contributed by atoms with Crippen molar-refractivity contribution < 1.29 is 4.79 Å². The maximum atomic E-state index is 12.6. The maximum Gasteiger partial charge on any atom is 0.276 e. The van der Waals surface area contributed by atoms with Crippen molar-refractivity contribution in [3.8, 4) is 0 Å². The number of benzene rings is 1. The fraction of sp³-hybridized carbons (Fsp3) is 0.316. The van der Waals surface area contributed by atoms with Gasteiger partial charge < -0.3 is 5.32 Å². The van der Waals surface area contributed by atoms with E-state index in [4.69, 9.17) is 0 Å². The summed E-state index contributed by atoms with van der Waals surface area (Å²) in [7, 11) is 0. The summed E-state index contributed by atoms with van der Waals surface area (Å²) in [5.74, 6) is -0.186. The van der Waals surface area contributed by atoms with Crippen LogP contribution in [0.2, 0.25) is 0 Å². The second-order valence-electron chi connectivity index (χ2n) is 7.41. The molecule has 2 heterocycles. The molecule has 128 valence electrons. The van der Waals surface area contributed by atoms with Gasteiger partial charge in [0.05, 0.1) is 18.4 Å². The molecule has 0 unspecified atom stereocenters. The summed E-state index contributed by atoms with van der Waals surface area (Å²) >= 11 is 0. The Labute approximate surface area is 146 Å². The molecule has 1 amide bonds. The highest BCUT2D eigenvalue weighted by Gasteiger charge is 2.34. The van der Waals surface area contributed by atoms with E-state index in [9.17, 15) is 4.79 Å². The van der Waals surface area contributed by atoms with E-state index in [-0.39, 0.29) is 11.3 Å². The molecule has 3 aromatic rings. The van der Waals surface area contributed by atoms with Crippen molar-refractivity contribution in [2.24, 2.45) is 5.41 Å². The molecule has 0 radical (unpaired) electrons. The van der Waals surface area contributed by atoms with Crippen LogP contribution in [0.25, 0.3) is 0 Å². The number of fused-ring (bicyclic) bond motifs is 1. The minimum Gasteiger partial charge on any atom is -0.318 e. The molecule has 0 saturated heterocycles. The second-order valence-corrected chi connectivity index (χ2v) is 7.41. The quantitative estimate of drug-likeness (QED) is 0.769. The zero-order valence-corrected chi connectivity index (χ0v) is 14.4. The number of rotatable bonds is 4. The van der Waals surface area contributed by atoms with Crippen LogP contribution in [0, 0.1) is 5.41 Å². The van der Waals surface area contributed by atoms with Crippen LogP contribution in [-0.2, 0) is 19.4 Å². The number of carbonyl (C=O) groups excluding carboxylic acids is 1. The lowest BCUT2D eigenvalue weighted by Crippen LogP contribution is -2.16. The molecule has 0 aliphatic heterocycles. The number of hydrogen-bond donors (Lipinski definition) is 2. The fourth-order valence-corrected chi connectivity index (χ4v) is 3.42. The van der Waals surface area contributed by atoms with Crippen molar-refractivity contribution in [3.05, 3.63) is 65.2 Å². The van der Waals surface area contributed by atoms with Gasteiger partial charge in [-0.3, -0.25) is 14.6 Å². The number of nitrogens with one attached hydrogen (secondary N) is 2. The summed E-state index contributed by atoms with van der Waals surface area (Å²) in [6.07, 6.45) is 5.30. The highest BCUT2D eigenvalue weighted by molar-refractivity contribution is 6.04. The van der Waals surface area contributed by atoms with E-state index >= 15 is 0 Å². The Bertz CT molecular complexity index is 907. The van der Waals surface area contributed by atoms with Gasteiger partial charge in [0.2, 0.25) is 0 Å². The van der Waals surface area contributed by atoms with Gasteiger partial charge in [-0.05, 0) is 23.8 Å². The zero-order chi connectivity index (χ0) is 17.4. The average molecular weight is 335 g/mol. The molecule has 0 atom stereocenters. The highest BCUT2D eigenvalue weighted by Crippen LogP contribution is 2.36. The molecule has 6 heteroatoms. The number of aromatic amines is 1. The third-order valence-electron chi connectivity index (χ3n) is 4.56. The molecule has 0 spiro atoms. The first-order valence-corrected chi connectivity index (χ1v) is 8.44. The molecule has 6 nitrogen and oxygen atoms in total. The van der Waals surface area contributed by atoms with Crippen LogP contribution < -0.4 is 5.32 Å². The Morgan fingerprint density at radius 2 is 2.08 bits per heavy atom. The molecule has 1 aliphatic rings. The van der Waals surface area contributed by atoms with E-state index in [1.165, 1.54) is 0 Å². The van der Waals surface area contributed by atoms with Gasteiger partial charge >= 0.3 is 0 Å². The topological polar surface area (TPSA) is 75.6 Å². The molecule has 0 bridgehead atoms. The first-order chi connectivity index (χ1) is 12.0. The van der Waals surface area contributed by atoms with Gasteiger partial charge in [0.15, 0.2) is 5.69 Å². The largest absolute Gasteiger partial charge is 0.318 e. The Kier molecular flexibility index (Phi) is 3.67. The molecular weight excluding hydrogens is 314 g/mol.